The minimum atomic E-state index is 0. The van der Waals surface area contributed by atoms with E-state index in [-0.39, 0.29) is 12.4 Å². The molecule has 1 N–H and O–H groups in total. The average molecular weight is 199 g/mol. The van der Waals surface area contributed by atoms with Gasteiger partial charge in [-0.3, -0.25) is 4.98 Å². The fourth-order valence-corrected chi connectivity index (χ4v) is 1.85. The molecule has 0 aliphatic carbocycles. The minimum absolute atomic E-state index is 0. The van der Waals surface area contributed by atoms with E-state index in [2.05, 4.69) is 23.3 Å². The summed E-state index contributed by atoms with van der Waals surface area (Å²) in [6, 6.07) is 4.22. The van der Waals surface area contributed by atoms with Crippen molar-refractivity contribution in [2.75, 3.05) is 13.1 Å². The first-order chi connectivity index (χ1) is 5.88. The van der Waals surface area contributed by atoms with Gasteiger partial charge in [0.15, 0.2) is 0 Å². The quantitative estimate of drug-likeness (QED) is 0.746. The average Bonchev–Trinajstić information content (AvgIpc) is 2.57. The highest BCUT2D eigenvalue weighted by molar-refractivity contribution is 5.85. The molecule has 2 nitrogen and oxygen atoms in total. The van der Waals surface area contributed by atoms with Gasteiger partial charge in [0.05, 0.1) is 0 Å². The number of nitrogens with zero attached hydrogens (tertiary/aromatic N) is 1. The number of pyridine rings is 1. The van der Waals surface area contributed by atoms with Crippen LogP contribution in [-0.2, 0) is 0 Å². The Labute approximate surface area is 85.2 Å². The molecule has 1 saturated heterocycles. The van der Waals surface area contributed by atoms with Crippen LogP contribution in [-0.4, -0.2) is 18.1 Å². The van der Waals surface area contributed by atoms with Gasteiger partial charge in [-0.05, 0) is 37.4 Å². The van der Waals surface area contributed by atoms with Crippen LogP contribution in [0.25, 0.3) is 0 Å². The third-order valence-electron chi connectivity index (χ3n) is 2.55. The summed E-state index contributed by atoms with van der Waals surface area (Å²) in [4.78, 5) is 4.30. The summed E-state index contributed by atoms with van der Waals surface area (Å²) in [5.41, 5.74) is 2.61. The normalized spacial score (nSPS) is 21.2. The minimum Gasteiger partial charge on any atom is -0.316 e. The first-order valence-electron chi connectivity index (χ1n) is 4.50. The van der Waals surface area contributed by atoms with E-state index in [4.69, 9.17) is 0 Å². The number of nitrogens with one attached hydrogen (secondary N) is 1. The topological polar surface area (TPSA) is 24.9 Å². The molecule has 0 amide bonds. The second-order valence-electron chi connectivity index (χ2n) is 3.37. The SMILES string of the molecule is Cc1ncccc1C1CCNC1.Cl. The predicted molar refractivity (Wildman–Crippen MR) is 56.4 cm³/mol. The molecule has 1 aromatic rings. The van der Waals surface area contributed by atoms with Crippen LogP contribution in [0.1, 0.15) is 23.6 Å². The summed E-state index contributed by atoms with van der Waals surface area (Å²) in [6.07, 6.45) is 3.12. The monoisotopic (exact) mass is 198 g/mol. The number of hydrogen-bond donors (Lipinski definition) is 1. The third kappa shape index (κ3) is 2.20. The van der Waals surface area contributed by atoms with Gasteiger partial charge in [-0.15, -0.1) is 12.4 Å². The Morgan fingerprint density at radius 3 is 3.00 bits per heavy atom. The molecule has 2 heterocycles. The highest BCUT2D eigenvalue weighted by atomic mass is 35.5. The molecule has 72 valence electrons. The van der Waals surface area contributed by atoms with Gasteiger partial charge in [0.25, 0.3) is 0 Å². The molecule has 1 fully saturated rings. The molecule has 1 aromatic heterocycles. The smallest absolute Gasteiger partial charge is 0.0407 e. The Hall–Kier alpha value is -0.600. The maximum Gasteiger partial charge on any atom is 0.0407 e. The summed E-state index contributed by atoms with van der Waals surface area (Å²) in [7, 11) is 0. The lowest BCUT2D eigenvalue weighted by atomic mass is 9.97. The largest absolute Gasteiger partial charge is 0.316 e. The Balaban J connectivity index is 0.000000845. The second kappa shape index (κ2) is 4.58. The van der Waals surface area contributed by atoms with E-state index in [1.165, 1.54) is 17.7 Å². The Morgan fingerprint density at radius 2 is 2.38 bits per heavy atom. The molecule has 0 saturated carbocycles. The second-order valence-corrected chi connectivity index (χ2v) is 3.37. The molecule has 1 aliphatic rings. The zero-order valence-electron chi connectivity index (χ0n) is 7.79. The van der Waals surface area contributed by atoms with Crippen LogP contribution in [0, 0.1) is 6.92 Å². The maximum atomic E-state index is 4.30. The zero-order valence-corrected chi connectivity index (χ0v) is 8.60. The Bertz CT molecular complexity index is 269. The van der Waals surface area contributed by atoms with Gasteiger partial charge in [0.2, 0.25) is 0 Å². The summed E-state index contributed by atoms with van der Waals surface area (Å²) in [5.74, 6) is 0.693. The highest BCUT2D eigenvalue weighted by Crippen LogP contribution is 2.23. The zero-order chi connectivity index (χ0) is 8.39. The van der Waals surface area contributed by atoms with Crippen molar-refractivity contribution in [2.24, 2.45) is 0 Å². The molecule has 13 heavy (non-hydrogen) atoms. The van der Waals surface area contributed by atoms with E-state index in [1.54, 1.807) is 0 Å². The van der Waals surface area contributed by atoms with Crippen LogP contribution in [0.3, 0.4) is 0 Å². The summed E-state index contributed by atoms with van der Waals surface area (Å²) < 4.78 is 0. The van der Waals surface area contributed by atoms with Crippen molar-refractivity contribution in [3.63, 3.8) is 0 Å². The first-order valence-corrected chi connectivity index (χ1v) is 4.50. The molecule has 0 radical (unpaired) electrons. The molecular weight excluding hydrogens is 184 g/mol. The molecule has 2 rings (SSSR count). The van der Waals surface area contributed by atoms with E-state index >= 15 is 0 Å². The van der Waals surface area contributed by atoms with Crippen LogP contribution in [0.5, 0.6) is 0 Å². The van der Waals surface area contributed by atoms with Crippen LogP contribution < -0.4 is 5.32 Å². The van der Waals surface area contributed by atoms with Gasteiger partial charge in [-0.1, -0.05) is 6.07 Å². The molecule has 1 atom stereocenters. The van der Waals surface area contributed by atoms with Gasteiger partial charge in [-0.2, -0.15) is 0 Å². The molecular formula is C10H15ClN2. The van der Waals surface area contributed by atoms with Crippen LogP contribution >= 0.6 is 12.4 Å². The number of aromatic nitrogens is 1. The summed E-state index contributed by atoms with van der Waals surface area (Å²) in [5, 5.41) is 3.37. The number of rotatable bonds is 1. The maximum absolute atomic E-state index is 4.30. The number of hydrogen-bond acceptors (Lipinski definition) is 2. The molecule has 0 aromatic carbocycles. The Kier molecular flexibility index (Phi) is 3.70. The van der Waals surface area contributed by atoms with Crippen molar-refractivity contribution in [3.05, 3.63) is 29.6 Å². The molecule has 1 unspecified atom stereocenters. The predicted octanol–water partition coefficient (Wildman–Crippen LogP) is 1.89. The van der Waals surface area contributed by atoms with Gasteiger partial charge in [0, 0.05) is 18.4 Å². The molecule has 0 bridgehead atoms. The third-order valence-corrected chi connectivity index (χ3v) is 2.55. The van der Waals surface area contributed by atoms with Crippen molar-refractivity contribution >= 4 is 12.4 Å². The number of halogens is 1. The van der Waals surface area contributed by atoms with Gasteiger partial charge in [-0.25, -0.2) is 0 Å². The first kappa shape index (κ1) is 10.5. The lowest BCUT2D eigenvalue weighted by Crippen LogP contribution is -2.09. The van der Waals surface area contributed by atoms with E-state index < -0.39 is 0 Å². The van der Waals surface area contributed by atoms with Crippen LogP contribution in [0.2, 0.25) is 0 Å². The van der Waals surface area contributed by atoms with E-state index in [9.17, 15) is 0 Å². The van der Waals surface area contributed by atoms with Crippen molar-refractivity contribution in [3.8, 4) is 0 Å². The van der Waals surface area contributed by atoms with E-state index in [0.717, 1.165) is 13.1 Å². The van der Waals surface area contributed by atoms with Crippen LogP contribution in [0.4, 0.5) is 0 Å². The number of aryl methyl sites for hydroxylation is 1. The molecule has 3 heteroatoms. The van der Waals surface area contributed by atoms with Crippen molar-refractivity contribution < 1.29 is 0 Å². The standard InChI is InChI=1S/C10H14N2.ClH/c1-8-10(3-2-5-12-8)9-4-6-11-7-9;/h2-3,5,9,11H,4,6-7H2,1H3;1H. The van der Waals surface area contributed by atoms with Crippen molar-refractivity contribution in [2.45, 2.75) is 19.3 Å². The van der Waals surface area contributed by atoms with E-state index in [0.29, 0.717) is 5.92 Å². The van der Waals surface area contributed by atoms with Gasteiger partial charge < -0.3 is 5.32 Å². The lowest BCUT2D eigenvalue weighted by Gasteiger charge is -2.10. The molecule has 1 aliphatic heterocycles. The Morgan fingerprint density at radius 1 is 1.54 bits per heavy atom. The highest BCUT2D eigenvalue weighted by Gasteiger charge is 2.17. The summed E-state index contributed by atoms with van der Waals surface area (Å²) >= 11 is 0. The summed E-state index contributed by atoms with van der Waals surface area (Å²) in [6.45, 7) is 4.36. The van der Waals surface area contributed by atoms with Crippen molar-refractivity contribution in [1.29, 1.82) is 0 Å². The van der Waals surface area contributed by atoms with Gasteiger partial charge >= 0.3 is 0 Å². The fourth-order valence-electron chi connectivity index (χ4n) is 1.85. The molecule has 0 spiro atoms. The van der Waals surface area contributed by atoms with Gasteiger partial charge in [0.1, 0.15) is 0 Å². The lowest BCUT2D eigenvalue weighted by molar-refractivity contribution is 0.750. The fraction of sp³-hybridized carbons (Fsp3) is 0.500. The van der Waals surface area contributed by atoms with E-state index in [1.807, 2.05) is 12.3 Å². The van der Waals surface area contributed by atoms with Crippen molar-refractivity contribution in [1.82, 2.24) is 10.3 Å². The van der Waals surface area contributed by atoms with Crippen LogP contribution in [0.15, 0.2) is 18.3 Å².